The van der Waals surface area contributed by atoms with E-state index in [0.29, 0.717) is 11.8 Å². The van der Waals surface area contributed by atoms with E-state index < -0.39 is 0 Å². The van der Waals surface area contributed by atoms with Gasteiger partial charge in [0.15, 0.2) is 0 Å². The Morgan fingerprint density at radius 2 is 1.15 bits per heavy atom. The summed E-state index contributed by atoms with van der Waals surface area (Å²) in [5.41, 5.74) is 8.43. The van der Waals surface area contributed by atoms with Crippen molar-refractivity contribution in [3.8, 4) is 0 Å². The Kier molecular flexibility index (Phi) is 5.69. The van der Waals surface area contributed by atoms with Gasteiger partial charge >= 0.3 is 0 Å². The number of fused-ring (bicyclic) bond motifs is 15. The minimum atomic E-state index is -0.249. The van der Waals surface area contributed by atoms with Crippen LogP contribution in [0.4, 0.5) is 0 Å². The summed E-state index contributed by atoms with van der Waals surface area (Å²) in [4.78, 5) is 0. The fraction of sp³-hybridized carbons (Fsp3) is 0.625. The molecule has 0 radical (unpaired) electrons. The Morgan fingerprint density at radius 1 is 0.676 bits per heavy atom. The maximum Gasteiger partial charge on any atom is 0.0980 e. The summed E-state index contributed by atoms with van der Waals surface area (Å²) in [7, 11) is 0. The van der Waals surface area contributed by atoms with Crippen LogP contribution in [0.1, 0.15) is 125 Å². The van der Waals surface area contributed by atoms with Gasteiger partial charge in [-0.2, -0.15) is 0 Å². The molecule has 0 saturated carbocycles. The first kappa shape index (κ1) is 22.8. The van der Waals surface area contributed by atoms with Crippen molar-refractivity contribution in [1.29, 1.82) is 0 Å². The van der Waals surface area contributed by atoms with Gasteiger partial charge < -0.3 is 9.47 Å². The Morgan fingerprint density at radius 3 is 1.59 bits per heavy atom. The molecule has 4 aliphatic heterocycles. The lowest BCUT2D eigenvalue weighted by molar-refractivity contribution is -0.122. The van der Waals surface area contributed by atoms with Crippen molar-refractivity contribution < 1.29 is 9.47 Å². The normalized spacial score (nSPS) is 33.9. The number of ether oxygens (including phenoxy) is 2. The molecule has 0 amide bonds. The Labute approximate surface area is 206 Å². The van der Waals surface area contributed by atoms with Crippen LogP contribution in [-0.4, -0.2) is 0 Å². The van der Waals surface area contributed by atoms with Crippen LogP contribution in [0.25, 0.3) is 0 Å². The van der Waals surface area contributed by atoms with Crippen LogP contribution >= 0.6 is 0 Å². The summed E-state index contributed by atoms with van der Waals surface area (Å²) in [6, 6.07) is 14.1. The van der Waals surface area contributed by atoms with Gasteiger partial charge in [-0.3, -0.25) is 0 Å². The number of aryl methyl sites for hydroxylation is 2. The van der Waals surface area contributed by atoms with Gasteiger partial charge in [-0.1, -0.05) is 88.8 Å². The predicted octanol–water partition coefficient (Wildman–Crippen LogP) is 8.47. The third-order valence-electron chi connectivity index (χ3n) is 9.65. The van der Waals surface area contributed by atoms with E-state index in [9.17, 15) is 0 Å². The zero-order valence-electron chi connectivity index (χ0n) is 21.7. The molecule has 0 N–H and O–H groups in total. The topological polar surface area (TPSA) is 18.5 Å². The summed E-state index contributed by atoms with van der Waals surface area (Å²) >= 11 is 0. The first-order valence-electron chi connectivity index (χ1n) is 14.1. The standard InChI is InChI=1S/C32H42O2/c1-5-7-9-11-15-21-19-25-26(20-22(21)16-12-10-8-6-2)32(4)28-27(31(25,3)34-32)29-23-17-13-14-18-24(23)30(28)33-29/h13-14,17-20,27-30H,5-12,15-16H2,1-4H3/t27-,28+,29+,30-,31-,32+. The highest BCUT2D eigenvalue weighted by molar-refractivity contribution is 5.54. The van der Waals surface area contributed by atoms with Crippen molar-refractivity contribution in [2.75, 3.05) is 0 Å². The lowest BCUT2D eigenvalue weighted by atomic mass is 9.58. The lowest BCUT2D eigenvalue weighted by Gasteiger charge is -2.39. The maximum atomic E-state index is 7.11. The van der Waals surface area contributed by atoms with Crippen LogP contribution < -0.4 is 0 Å². The first-order chi connectivity index (χ1) is 16.5. The van der Waals surface area contributed by atoms with Crippen molar-refractivity contribution >= 4 is 0 Å². The van der Waals surface area contributed by atoms with Gasteiger partial charge in [0.05, 0.1) is 23.4 Å². The van der Waals surface area contributed by atoms with Crippen LogP contribution in [0, 0.1) is 11.8 Å². The van der Waals surface area contributed by atoms with Gasteiger partial charge in [-0.05, 0) is 72.9 Å². The van der Waals surface area contributed by atoms with E-state index >= 15 is 0 Å². The molecule has 2 aromatic carbocycles. The monoisotopic (exact) mass is 458 g/mol. The second-order valence-corrected chi connectivity index (χ2v) is 11.8. The van der Waals surface area contributed by atoms with Crippen molar-refractivity contribution in [1.82, 2.24) is 0 Å². The molecule has 0 unspecified atom stereocenters. The van der Waals surface area contributed by atoms with E-state index in [1.807, 2.05) is 0 Å². The van der Waals surface area contributed by atoms with E-state index in [2.05, 4.69) is 64.1 Å². The molecular formula is C32H42O2. The average molecular weight is 459 g/mol. The van der Waals surface area contributed by atoms with E-state index in [1.54, 1.807) is 11.1 Å². The summed E-state index contributed by atoms with van der Waals surface area (Å²) in [6.07, 6.45) is 13.3. The van der Waals surface area contributed by atoms with Crippen LogP contribution in [0.5, 0.6) is 0 Å². The first-order valence-corrected chi connectivity index (χ1v) is 14.1. The average Bonchev–Trinajstić information content (AvgIpc) is 3.54. The number of unbranched alkanes of at least 4 members (excludes halogenated alkanes) is 6. The molecule has 6 atom stereocenters. The number of rotatable bonds is 10. The fourth-order valence-electron chi connectivity index (χ4n) is 8.04. The highest BCUT2D eigenvalue weighted by Crippen LogP contribution is 2.76. The summed E-state index contributed by atoms with van der Waals surface area (Å²) in [5.74, 6) is 0.821. The smallest absolute Gasteiger partial charge is 0.0980 e. The van der Waals surface area contributed by atoms with Crippen LogP contribution in [0.3, 0.4) is 0 Å². The third kappa shape index (κ3) is 3.14. The van der Waals surface area contributed by atoms with E-state index in [4.69, 9.17) is 9.47 Å². The molecule has 2 nitrogen and oxygen atoms in total. The molecule has 4 aliphatic rings. The molecular weight excluding hydrogens is 416 g/mol. The molecule has 6 rings (SSSR count). The second-order valence-electron chi connectivity index (χ2n) is 11.8. The summed E-state index contributed by atoms with van der Waals surface area (Å²) in [5, 5.41) is 0. The molecule has 0 aromatic heterocycles. The molecule has 182 valence electrons. The van der Waals surface area contributed by atoms with Crippen molar-refractivity contribution in [2.45, 2.75) is 115 Å². The van der Waals surface area contributed by atoms with Crippen molar-refractivity contribution in [2.24, 2.45) is 11.8 Å². The summed E-state index contributed by atoms with van der Waals surface area (Å²) < 4.78 is 13.8. The zero-order chi connectivity index (χ0) is 23.5. The Bertz CT molecular complexity index is 991. The summed E-state index contributed by atoms with van der Waals surface area (Å²) in [6.45, 7) is 9.35. The van der Waals surface area contributed by atoms with Gasteiger partial charge in [0, 0.05) is 11.8 Å². The van der Waals surface area contributed by atoms with Crippen LogP contribution in [-0.2, 0) is 33.5 Å². The zero-order valence-corrected chi connectivity index (χ0v) is 21.7. The van der Waals surface area contributed by atoms with Gasteiger partial charge in [0.1, 0.15) is 0 Å². The Hall–Kier alpha value is -1.64. The molecule has 4 heterocycles. The van der Waals surface area contributed by atoms with Crippen molar-refractivity contribution in [3.63, 3.8) is 0 Å². The molecule has 0 spiro atoms. The second kappa shape index (κ2) is 8.49. The van der Waals surface area contributed by atoms with Crippen LogP contribution in [0.15, 0.2) is 36.4 Å². The Balaban J connectivity index is 1.37. The molecule has 4 bridgehead atoms. The largest absolute Gasteiger partial charge is 0.365 e. The number of benzene rings is 2. The highest BCUT2D eigenvalue weighted by atomic mass is 16.6. The molecule has 2 aromatic rings. The number of hydrogen-bond acceptors (Lipinski definition) is 2. The maximum absolute atomic E-state index is 7.11. The number of hydrogen-bond donors (Lipinski definition) is 0. The molecule has 2 saturated heterocycles. The molecule has 2 fully saturated rings. The predicted molar refractivity (Wildman–Crippen MR) is 138 cm³/mol. The quantitative estimate of drug-likeness (QED) is 0.332. The van der Waals surface area contributed by atoms with Crippen LogP contribution in [0.2, 0.25) is 0 Å². The molecule has 34 heavy (non-hydrogen) atoms. The molecule has 0 aliphatic carbocycles. The van der Waals surface area contributed by atoms with Gasteiger partial charge in [-0.15, -0.1) is 0 Å². The molecule has 2 heteroatoms. The minimum absolute atomic E-state index is 0.174. The lowest BCUT2D eigenvalue weighted by Crippen LogP contribution is -2.40. The fourth-order valence-corrected chi connectivity index (χ4v) is 8.04. The van der Waals surface area contributed by atoms with E-state index in [0.717, 1.165) is 0 Å². The van der Waals surface area contributed by atoms with Gasteiger partial charge in [-0.25, -0.2) is 0 Å². The third-order valence-corrected chi connectivity index (χ3v) is 9.65. The van der Waals surface area contributed by atoms with Gasteiger partial charge in [0.25, 0.3) is 0 Å². The van der Waals surface area contributed by atoms with E-state index in [-0.39, 0.29) is 23.4 Å². The SMILES string of the molecule is CCCCCCc1cc2c(cc1CCCCCC)[C@@]1(C)O[C@]2(C)[C@H]2[C@@H]1[C@H]1O[C@@H]2c2ccccc21. The van der Waals surface area contributed by atoms with E-state index in [1.165, 1.54) is 86.5 Å². The van der Waals surface area contributed by atoms with Gasteiger partial charge in [0.2, 0.25) is 0 Å². The van der Waals surface area contributed by atoms with Crippen molar-refractivity contribution in [3.05, 3.63) is 69.8 Å². The minimum Gasteiger partial charge on any atom is -0.365 e. The highest BCUT2D eigenvalue weighted by Gasteiger charge is 2.74.